The summed E-state index contributed by atoms with van der Waals surface area (Å²) >= 11 is 0. The number of hydrogen-bond acceptors (Lipinski definition) is 4. The number of urea groups is 1. The second kappa shape index (κ2) is 8.26. The van der Waals surface area contributed by atoms with Gasteiger partial charge in [-0.25, -0.2) is 13.2 Å². The first-order valence-electron chi connectivity index (χ1n) is 9.29. The van der Waals surface area contributed by atoms with E-state index in [1.807, 2.05) is 4.90 Å². The molecule has 0 aromatic heterocycles. The molecule has 2 fully saturated rings. The maximum atomic E-state index is 12.8. The molecule has 0 saturated carbocycles. The predicted molar refractivity (Wildman–Crippen MR) is 101 cm³/mol. The fourth-order valence-electron chi connectivity index (χ4n) is 3.48. The number of hydrogen-bond donors (Lipinski definition) is 1. The van der Waals surface area contributed by atoms with E-state index < -0.39 is 10.0 Å². The first-order valence-corrected chi connectivity index (χ1v) is 10.7. The summed E-state index contributed by atoms with van der Waals surface area (Å²) in [5.74, 6) is -0.260. The Labute approximate surface area is 160 Å². The minimum atomic E-state index is -3.64. The third-order valence-corrected chi connectivity index (χ3v) is 7.03. The Morgan fingerprint density at radius 3 is 1.96 bits per heavy atom. The Kier molecular flexibility index (Phi) is 6.01. The van der Waals surface area contributed by atoms with Gasteiger partial charge in [0.2, 0.25) is 10.0 Å². The van der Waals surface area contributed by atoms with Crippen molar-refractivity contribution in [2.45, 2.75) is 24.2 Å². The monoisotopic (exact) mass is 394 g/mol. The van der Waals surface area contributed by atoms with Crippen molar-refractivity contribution < 1.29 is 18.0 Å². The molecule has 0 bridgehead atoms. The van der Waals surface area contributed by atoms with E-state index in [1.165, 1.54) is 35.6 Å². The summed E-state index contributed by atoms with van der Waals surface area (Å²) in [6.45, 7) is 2.91. The first-order chi connectivity index (χ1) is 12.9. The molecule has 0 atom stereocenters. The Bertz CT molecular complexity index is 780. The first kappa shape index (κ1) is 19.6. The highest BCUT2D eigenvalue weighted by molar-refractivity contribution is 7.89. The maximum Gasteiger partial charge on any atom is 0.320 e. The van der Waals surface area contributed by atoms with Gasteiger partial charge in [0.05, 0.1) is 4.90 Å². The summed E-state index contributed by atoms with van der Waals surface area (Å²) < 4.78 is 27.1. The van der Waals surface area contributed by atoms with Crippen molar-refractivity contribution in [1.29, 1.82) is 0 Å². The van der Waals surface area contributed by atoms with Crippen molar-refractivity contribution >= 4 is 22.0 Å². The largest absolute Gasteiger partial charge is 0.355 e. The van der Waals surface area contributed by atoms with Gasteiger partial charge in [0.1, 0.15) is 0 Å². The fourth-order valence-corrected chi connectivity index (χ4v) is 4.90. The third-order valence-electron chi connectivity index (χ3n) is 5.12. The van der Waals surface area contributed by atoms with Gasteiger partial charge in [-0.15, -0.1) is 0 Å². The second-order valence-corrected chi connectivity index (χ2v) is 8.76. The lowest BCUT2D eigenvalue weighted by Crippen LogP contribution is -2.54. The maximum absolute atomic E-state index is 12.8. The van der Waals surface area contributed by atoms with Gasteiger partial charge in [0.15, 0.2) is 0 Å². The minimum absolute atomic E-state index is 0.0154. The number of carbonyl (C=O) groups excluding carboxylic acids is 2. The normalized spacial score (nSPS) is 19.0. The molecule has 3 rings (SSSR count). The second-order valence-electron chi connectivity index (χ2n) is 6.82. The lowest BCUT2D eigenvalue weighted by atomic mass is 10.1. The van der Waals surface area contributed by atoms with E-state index in [1.54, 1.807) is 4.90 Å². The predicted octanol–water partition coefficient (Wildman–Crippen LogP) is 0.958. The number of sulfonamides is 1. The van der Waals surface area contributed by atoms with Crippen LogP contribution in [0.2, 0.25) is 0 Å². The molecule has 8 nitrogen and oxygen atoms in total. The van der Waals surface area contributed by atoms with Crippen molar-refractivity contribution in [3.8, 4) is 0 Å². The number of likely N-dealkylation sites (tertiary alicyclic amines) is 1. The van der Waals surface area contributed by atoms with Gasteiger partial charge < -0.3 is 15.1 Å². The van der Waals surface area contributed by atoms with E-state index in [9.17, 15) is 18.0 Å². The topological polar surface area (TPSA) is 90.0 Å². The van der Waals surface area contributed by atoms with Gasteiger partial charge >= 0.3 is 6.03 Å². The minimum Gasteiger partial charge on any atom is -0.355 e. The van der Waals surface area contributed by atoms with Crippen LogP contribution in [0.1, 0.15) is 29.6 Å². The average Bonchev–Trinajstić information content (AvgIpc) is 2.73. The SMILES string of the molecule is CNC(=O)c1ccc(S(=O)(=O)N2CCN(C(=O)N3CCCCC3)CC2)cc1. The molecule has 2 saturated heterocycles. The number of amides is 3. The zero-order valence-electron chi connectivity index (χ0n) is 15.6. The van der Waals surface area contributed by atoms with Gasteiger partial charge in [-0.2, -0.15) is 4.31 Å². The lowest BCUT2D eigenvalue weighted by Gasteiger charge is -2.38. The van der Waals surface area contributed by atoms with Crippen LogP contribution < -0.4 is 5.32 Å². The smallest absolute Gasteiger partial charge is 0.320 e. The summed E-state index contributed by atoms with van der Waals surface area (Å²) in [6, 6.07) is 5.92. The standard InChI is InChI=1S/C18H26N4O4S/c1-19-17(23)15-5-7-16(8-6-15)27(25,26)22-13-11-21(12-14-22)18(24)20-9-3-2-4-10-20/h5-8H,2-4,9-14H2,1H3,(H,19,23). The summed E-state index contributed by atoms with van der Waals surface area (Å²) in [7, 11) is -2.11. The molecule has 148 valence electrons. The molecule has 1 N–H and O–H groups in total. The Morgan fingerprint density at radius 1 is 0.852 bits per heavy atom. The number of piperidine rings is 1. The number of nitrogens with zero attached hydrogens (tertiary/aromatic N) is 3. The highest BCUT2D eigenvalue weighted by Gasteiger charge is 2.32. The Hall–Kier alpha value is -2.13. The van der Waals surface area contributed by atoms with Crippen molar-refractivity contribution in [2.75, 3.05) is 46.3 Å². The fraction of sp³-hybridized carbons (Fsp3) is 0.556. The van der Waals surface area contributed by atoms with Crippen LogP contribution >= 0.6 is 0 Å². The molecule has 27 heavy (non-hydrogen) atoms. The Morgan fingerprint density at radius 2 is 1.41 bits per heavy atom. The molecule has 0 radical (unpaired) electrons. The van der Waals surface area contributed by atoms with Gasteiger partial charge in [-0.3, -0.25) is 4.79 Å². The number of rotatable bonds is 3. The molecule has 1 aromatic rings. The Balaban J connectivity index is 1.62. The molecule has 2 aliphatic heterocycles. The van der Waals surface area contributed by atoms with Crippen LogP contribution in [0.25, 0.3) is 0 Å². The molecule has 0 aliphatic carbocycles. The van der Waals surface area contributed by atoms with Crippen LogP contribution in [0.4, 0.5) is 4.79 Å². The van der Waals surface area contributed by atoms with Crippen molar-refractivity contribution in [1.82, 2.24) is 19.4 Å². The molecule has 2 heterocycles. The molecule has 2 aliphatic rings. The molecule has 3 amide bonds. The van der Waals surface area contributed by atoms with Crippen LogP contribution in [-0.2, 0) is 10.0 Å². The lowest BCUT2D eigenvalue weighted by molar-refractivity contribution is 0.0963. The van der Waals surface area contributed by atoms with E-state index in [4.69, 9.17) is 0 Å². The number of nitrogens with one attached hydrogen (secondary N) is 1. The molecule has 0 unspecified atom stereocenters. The quantitative estimate of drug-likeness (QED) is 0.827. The van der Waals surface area contributed by atoms with Crippen LogP contribution in [0.5, 0.6) is 0 Å². The van der Waals surface area contributed by atoms with E-state index in [2.05, 4.69) is 5.32 Å². The van der Waals surface area contributed by atoms with Gasteiger partial charge in [0.25, 0.3) is 5.91 Å². The van der Waals surface area contributed by atoms with Crippen molar-refractivity contribution in [3.63, 3.8) is 0 Å². The van der Waals surface area contributed by atoms with E-state index in [0.29, 0.717) is 18.7 Å². The molecule has 0 spiro atoms. The molecular formula is C18H26N4O4S. The third kappa shape index (κ3) is 4.24. The van der Waals surface area contributed by atoms with Crippen LogP contribution in [-0.4, -0.2) is 80.8 Å². The highest BCUT2D eigenvalue weighted by Crippen LogP contribution is 2.19. The van der Waals surface area contributed by atoms with Gasteiger partial charge in [-0.1, -0.05) is 0 Å². The van der Waals surface area contributed by atoms with Crippen molar-refractivity contribution in [2.24, 2.45) is 0 Å². The summed E-state index contributed by atoms with van der Waals surface area (Å²) in [6.07, 6.45) is 3.23. The molecule has 1 aromatic carbocycles. The summed E-state index contributed by atoms with van der Waals surface area (Å²) in [5, 5.41) is 2.51. The zero-order valence-corrected chi connectivity index (χ0v) is 16.4. The van der Waals surface area contributed by atoms with E-state index in [0.717, 1.165) is 32.4 Å². The van der Waals surface area contributed by atoms with Crippen LogP contribution in [0.15, 0.2) is 29.2 Å². The number of piperazine rings is 1. The molecule has 9 heteroatoms. The average molecular weight is 394 g/mol. The van der Waals surface area contributed by atoms with Crippen LogP contribution in [0, 0.1) is 0 Å². The van der Waals surface area contributed by atoms with Crippen molar-refractivity contribution in [3.05, 3.63) is 29.8 Å². The summed E-state index contributed by atoms with van der Waals surface area (Å²) in [4.78, 5) is 27.9. The van der Waals surface area contributed by atoms with Gasteiger partial charge in [-0.05, 0) is 43.5 Å². The van der Waals surface area contributed by atoms with Gasteiger partial charge in [0, 0.05) is 51.9 Å². The number of carbonyl (C=O) groups is 2. The van der Waals surface area contributed by atoms with E-state index >= 15 is 0 Å². The number of benzene rings is 1. The highest BCUT2D eigenvalue weighted by atomic mass is 32.2. The zero-order chi connectivity index (χ0) is 19.4. The van der Waals surface area contributed by atoms with Crippen LogP contribution in [0.3, 0.4) is 0 Å². The summed E-state index contributed by atoms with van der Waals surface area (Å²) in [5.41, 5.74) is 0.411. The molecular weight excluding hydrogens is 368 g/mol. The van der Waals surface area contributed by atoms with E-state index in [-0.39, 0.29) is 29.9 Å².